The van der Waals surface area contributed by atoms with Crippen LogP contribution in [0.15, 0.2) is 35.5 Å². The van der Waals surface area contributed by atoms with Crippen LogP contribution >= 0.6 is 11.8 Å². The molecule has 2 aromatic heterocycles. The number of aliphatic hydroxyl groups is 4. The fourth-order valence-electron chi connectivity index (χ4n) is 5.90. The molecule has 14 heteroatoms. The Hall–Kier alpha value is -3.01. The Kier molecular flexibility index (Phi) is 9.73. The van der Waals surface area contributed by atoms with Gasteiger partial charge in [-0.15, -0.1) is 11.8 Å². The smallest absolute Gasteiger partial charge is 0.229 e. The summed E-state index contributed by atoms with van der Waals surface area (Å²) in [6.45, 7) is 2.82. The zero-order valence-electron chi connectivity index (χ0n) is 25.0. The molecule has 0 spiro atoms. The number of carbonyl (C=O) groups excluding carboxylic acids is 1. The average molecular weight is 615 g/mol. The minimum Gasteiger partial charge on any atom is -0.394 e. The predicted molar refractivity (Wildman–Crippen MR) is 165 cm³/mol. The first kappa shape index (κ1) is 31.4. The van der Waals surface area contributed by atoms with Crippen molar-refractivity contribution in [3.63, 3.8) is 0 Å². The van der Waals surface area contributed by atoms with Crippen molar-refractivity contribution in [1.82, 2.24) is 29.7 Å². The summed E-state index contributed by atoms with van der Waals surface area (Å²) in [7, 11) is 4.08. The number of likely N-dealkylation sites (N-methyl/N-ethyl adjacent to an activating group) is 1. The summed E-state index contributed by atoms with van der Waals surface area (Å²) in [5, 5.41) is 49.3. The molecule has 1 aliphatic carbocycles. The van der Waals surface area contributed by atoms with E-state index < -0.39 is 36.4 Å². The van der Waals surface area contributed by atoms with E-state index in [2.05, 4.69) is 25.4 Å². The van der Waals surface area contributed by atoms with Crippen LogP contribution in [-0.2, 0) is 4.79 Å². The molecule has 2 aliphatic rings. The molecule has 0 bridgehead atoms. The maximum absolute atomic E-state index is 12.1. The van der Waals surface area contributed by atoms with Gasteiger partial charge in [0.05, 0.1) is 31.1 Å². The Morgan fingerprint density at radius 1 is 1.19 bits per heavy atom. The first-order valence-electron chi connectivity index (χ1n) is 14.7. The van der Waals surface area contributed by atoms with Gasteiger partial charge in [0.1, 0.15) is 18.3 Å². The SMILES string of the molecule is CCC(=O)N[C@H]1C[C@@H](n2cnc3c(N[C@@H](CO)[C@@H](O)c4ccc(SC)cc4)nc(N4CC[C@@H](N(C)C)C4)nc32)[C@H](O)[C@@H]1O. The van der Waals surface area contributed by atoms with Gasteiger partial charge >= 0.3 is 0 Å². The fraction of sp³-hybridized carbons (Fsp3) is 0.586. The number of hydrogen-bond donors (Lipinski definition) is 6. The monoisotopic (exact) mass is 614 g/mol. The number of amides is 1. The zero-order chi connectivity index (χ0) is 30.8. The molecule has 1 saturated heterocycles. The summed E-state index contributed by atoms with van der Waals surface area (Å²) in [5.41, 5.74) is 1.49. The highest BCUT2D eigenvalue weighted by Gasteiger charge is 2.44. The van der Waals surface area contributed by atoms with Gasteiger partial charge in [0.2, 0.25) is 11.9 Å². The second kappa shape index (κ2) is 13.3. The van der Waals surface area contributed by atoms with E-state index in [9.17, 15) is 25.2 Å². The summed E-state index contributed by atoms with van der Waals surface area (Å²) in [6, 6.07) is 5.84. The van der Waals surface area contributed by atoms with E-state index in [1.54, 1.807) is 29.6 Å². The molecule has 1 amide bonds. The van der Waals surface area contributed by atoms with E-state index in [-0.39, 0.29) is 25.4 Å². The third-order valence-corrected chi connectivity index (χ3v) is 9.36. The Morgan fingerprint density at radius 3 is 2.56 bits per heavy atom. The zero-order valence-corrected chi connectivity index (χ0v) is 25.8. The first-order valence-corrected chi connectivity index (χ1v) is 15.9. The number of hydrogen-bond acceptors (Lipinski definition) is 12. The fourth-order valence-corrected chi connectivity index (χ4v) is 6.31. The number of nitrogens with one attached hydrogen (secondary N) is 2. The van der Waals surface area contributed by atoms with Crippen molar-refractivity contribution in [2.75, 3.05) is 50.3 Å². The first-order chi connectivity index (χ1) is 20.6. The molecule has 0 radical (unpaired) electrons. The number of anilines is 2. The average Bonchev–Trinajstić information content (AvgIpc) is 3.74. The Bertz CT molecular complexity index is 1410. The van der Waals surface area contributed by atoms with Crippen molar-refractivity contribution in [3.05, 3.63) is 36.2 Å². The highest BCUT2D eigenvalue weighted by atomic mass is 32.2. The second-order valence-electron chi connectivity index (χ2n) is 11.5. The largest absolute Gasteiger partial charge is 0.394 e. The maximum atomic E-state index is 12.1. The minimum atomic E-state index is -1.16. The number of rotatable bonds is 11. The lowest BCUT2D eigenvalue weighted by molar-refractivity contribution is -0.122. The van der Waals surface area contributed by atoms with Crippen molar-refractivity contribution < 1.29 is 25.2 Å². The molecule has 43 heavy (non-hydrogen) atoms. The van der Waals surface area contributed by atoms with Gasteiger partial charge in [0.25, 0.3) is 0 Å². The van der Waals surface area contributed by atoms with Crippen LogP contribution in [0, 0.1) is 0 Å². The number of imidazole rings is 1. The van der Waals surface area contributed by atoms with Crippen molar-refractivity contribution in [2.45, 2.75) is 73.6 Å². The molecule has 2 fully saturated rings. The van der Waals surface area contributed by atoms with Crippen LogP contribution < -0.4 is 15.5 Å². The molecule has 13 nitrogen and oxygen atoms in total. The van der Waals surface area contributed by atoms with E-state index in [1.807, 2.05) is 44.6 Å². The van der Waals surface area contributed by atoms with Gasteiger partial charge in [-0.2, -0.15) is 9.97 Å². The third kappa shape index (κ3) is 6.44. The van der Waals surface area contributed by atoms with E-state index in [1.165, 1.54) is 0 Å². The van der Waals surface area contributed by atoms with Crippen molar-refractivity contribution >= 4 is 40.6 Å². The Morgan fingerprint density at radius 2 is 1.93 bits per heavy atom. The van der Waals surface area contributed by atoms with Crippen LogP contribution in [0.4, 0.5) is 11.8 Å². The third-order valence-electron chi connectivity index (χ3n) is 8.62. The number of aromatic nitrogens is 4. The molecule has 1 aliphatic heterocycles. The number of thioether (sulfide) groups is 1. The summed E-state index contributed by atoms with van der Waals surface area (Å²) in [4.78, 5) is 31.7. The molecule has 234 valence electrons. The number of nitrogens with zero attached hydrogens (tertiary/aromatic N) is 6. The van der Waals surface area contributed by atoms with Crippen LogP contribution in [0.1, 0.15) is 43.9 Å². The quantitative estimate of drug-likeness (QED) is 0.168. The van der Waals surface area contributed by atoms with Gasteiger partial charge in [-0.25, -0.2) is 4.98 Å². The minimum absolute atomic E-state index is 0.204. The number of fused-ring (bicyclic) bond motifs is 1. The molecular formula is C29H42N8O5S. The molecular weight excluding hydrogens is 572 g/mol. The van der Waals surface area contributed by atoms with Gasteiger partial charge in [-0.1, -0.05) is 19.1 Å². The Labute approximate surface area is 255 Å². The topological polar surface area (TPSA) is 172 Å². The molecule has 3 heterocycles. The highest BCUT2D eigenvalue weighted by Crippen LogP contribution is 2.35. The summed E-state index contributed by atoms with van der Waals surface area (Å²) in [6.07, 6.45) is 1.69. The van der Waals surface area contributed by atoms with E-state index in [4.69, 9.17) is 9.97 Å². The second-order valence-corrected chi connectivity index (χ2v) is 12.4. The number of carbonyl (C=O) groups is 1. The summed E-state index contributed by atoms with van der Waals surface area (Å²) < 4.78 is 1.72. The number of aliphatic hydroxyl groups excluding tert-OH is 4. The van der Waals surface area contributed by atoms with Crippen molar-refractivity contribution in [2.24, 2.45) is 0 Å². The highest BCUT2D eigenvalue weighted by molar-refractivity contribution is 7.98. The van der Waals surface area contributed by atoms with Crippen LogP contribution in [0.2, 0.25) is 0 Å². The summed E-state index contributed by atoms with van der Waals surface area (Å²) >= 11 is 1.60. The van der Waals surface area contributed by atoms with Gasteiger partial charge < -0.3 is 45.4 Å². The van der Waals surface area contributed by atoms with Gasteiger partial charge in [-0.05, 0) is 50.9 Å². The van der Waals surface area contributed by atoms with Crippen molar-refractivity contribution in [3.8, 4) is 0 Å². The molecule has 1 saturated carbocycles. The Balaban J connectivity index is 1.51. The lowest BCUT2D eigenvalue weighted by Gasteiger charge is -2.25. The normalized spacial score (nSPS) is 25.4. The predicted octanol–water partition coefficient (Wildman–Crippen LogP) is 0.756. The molecule has 1 aromatic carbocycles. The molecule has 6 N–H and O–H groups in total. The van der Waals surface area contributed by atoms with Crippen LogP contribution in [0.25, 0.3) is 11.2 Å². The van der Waals surface area contributed by atoms with E-state index in [0.717, 1.165) is 24.4 Å². The molecule has 7 atom stereocenters. The standard InChI is InChI=1S/C29H42N8O5S/c1-5-22(39)31-19-12-21(26(42)25(19)41)37-15-30-23-27(32-20(14-38)24(40)16-6-8-18(43-4)9-7-16)33-29(34-28(23)37)36-11-10-17(13-36)35(2)3/h6-9,15,17,19-21,24-26,38,40-42H,5,10-14H2,1-4H3,(H,31,39)(H,32,33,34)/t17-,19+,20+,21-,24+,25-,26+/m1/s1. The van der Waals surface area contributed by atoms with Gasteiger partial charge in [-0.3, -0.25) is 4.79 Å². The molecule has 3 aromatic rings. The van der Waals surface area contributed by atoms with Gasteiger partial charge in [0.15, 0.2) is 17.0 Å². The van der Waals surface area contributed by atoms with Crippen LogP contribution in [0.3, 0.4) is 0 Å². The van der Waals surface area contributed by atoms with Gasteiger partial charge in [0, 0.05) is 30.4 Å². The van der Waals surface area contributed by atoms with E-state index in [0.29, 0.717) is 34.5 Å². The van der Waals surface area contributed by atoms with Crippen LogP contribution in [0.5, 0.6) is 0 Å². The summed E-state index contributed by atoms with van der Waals surface area (Å²) in [5.74, 6) is 0.597. The van der Waals surface area contributed by atoms with E-state index >= 15 is 0 Å². The lowest BCUT2D eigenvalue weighted by Crippen LogP contribution is -2.42. The molecule has 0 unspecified atom stereocenters. The lowest BCUT2D eigenvalue weighted by atomic mass is 10.0. The maximum Gasteiger partial charge on any atom is 0.229 e. The van der Waals surface area contributed by atoms with Crippen LogP contribution in [-0.4, -0.2) is 121 Å². The number of benzene rings is 1. The van der Waals surface area contributed by atoms with Crippen molar-refractivity contribution in [1.29, 1.82) is 0 Å². The molecule has 5 rings (SSSR count).